The summed E-state index contributed by atoms with van der Waals surface area (Å²) in [6, 6.07) is 9.11. The normalized spacial score (nSPS) is 26.0. The first-order chi connectivity index (χ1) is 15.8. The van der Waals surface area contributed by atoms with E-state index in [1.54, 1.807) is 0 Å². The Morgan fingerprint density at radius 3 is 1.62 bits per heavy atom. The minimum Gasteiger partial charge on any atom is -0.376 e. The number of hydrogen-bond acceptors (Lipinski definition) is 1. The number of aryl methyl sites for hydroxylation is 1. The Kier molecular flexibility index (Phi) is 11.6. The highest BCUT2D eigenvalue weighted by Gasteiger charge is 2.24. The van der Waals surface area contributed by atoms with Crippen molar-refractivity contribution >= 4 is 0 Å². The van der Waals surface area contributed by atoms with Crippen molar-refractivity contribution < 1.29 is 4.74 Å². The number of rotatable bonds is 14. The van der Waals surface area contributed by atoms with Crippen LogP contribution in [0.15, 0.2) is 49.6 Å². The Morgan fingerprint density at radius 1 is 0.625 bits per heavy atom. The summed E-state index contributed by atoms with van der Waals surface area (Å²) < 4.78 is 5.67. The van der Waals surface area contributed by atoms with Gasteiger partial charge in [-0.1, -0.05) is 101 Å². The lowest BCUT2D eigenvalue weighted by atomic mass is 9.74. The molecule has 0 atom stereocenters. The summed E-state index contributed by atoms with van der Waals surface area (Å²) in [7, 11) is 0. The molecule has 32 heavy (non-hydrogen) atoms. The van der Waals surface area contributed by atoms with E-state index >= 15 is 0 Å². The van der Waals surface area contributed by atoms with Crippen LogP contribution in [-0.2, 0) is 17.8 Å². The fraction of sp³-hybridized carbons (Fsp3) is 0.677. The molecule has 1 aromatic rings. The van der Waals surface area contributed by atoms with Gasteiger partial charge in [0.25, 0.3) is 0 Å². The fourth-order valence-electron chi connectivity index (χ4n) is 5.97. The van der Waals surface area contributed by atoms with Gasteiger partial charge in [0.15, 0.2) is 0 Å². The number of ether oxygens (including phenoxy) is 1. The van der Waals surface area contributed by atoms with Crippen molar-refractivity contribution in [2.45, 2.75) is 103 Å². The molecule has 3 rings (SSSR count). The first-order valence-corrected chi connectivity index (χ1v) is 13.6. The fourth-order valence-corrected chi connectivity index (χ4v) is 5.97. The van der Waals surface area contributed by atoms with Gasteiger partial charge in [0, 0.05) is 0 Å². The first kappa shape index (κ1) is 25.3. The van der Waals surface area contributed by atoms with Crippen LogP contribution in [0.3, 0.4) is 0 Å². The molecule has 0 bridgehead atoms. The molecule has 0 saturated heterocycles. The molecule has 2 aliphatic rings. The van der Waals surface area contributed by atoms with E-state index in [-0.39, 0.29) is 0 Å². The lowest BCUT2D eigenvalue weighted by Gasteiger charge is -2.32. The largest absolute Gasteiger partial charge is 0.376 e. The van der Waals surface area contributed by atoms with E-state index in [1.807, 2.05) is 6.08 Å². The molecule has 0 heterocycles. The van der Waals surface area contributed by atoms with Crippen molar-refractivity contribution in [2.75, 3.05) is 6.61 Å². The molecular formula is C31H48O. The van der Waals surface area contributed by atoms with Gasteiger partial charge in [-0.05, 0) is 66.9 Å². The average molecular weight is 437 g/mol. The highest BCUT2D eigenvalue weighted by Crippen LogP contribution is 2.38. The van der Waals surface area contributed by atoms with Crippen LogP contribution in [0.25, 0.3) is 0 Å². The lowest BCUT2D eigenvalue weighted by Crippen LogP contribution is -2.18. The maximum Gasteiger partial charge on any atom is 0.0717 e. The highest BCUT2D eigenvalue weighted by molar-refractivity contribution is 5.22. The molecule has 0 amide bonds. The van der Waals surface area contributed by atoms with Crippen molar-refractivity contribution in [1.29, 1.82) is 0 Å². The summed E-state index contributed by atoms with van der Waals surface area (Å²) in [6.07, 6.45) is 25.0. The van der Waals surface area contributed by atoms with Crippen molar-refractivity contribution in [2.24, 2.45) is 23.7 Å². The second kappa shape index (κ2) is 14.7. The van der Waals surface area contributed by atoms with Gasteiger partial charge in [-0.25, -0.2) is 0 Å². The SMILES string of the molecule is C=CCCOCc1ccc(CCC2CCC(CC[C@H]3CC[C@H](CCC=C)CC3)CC2)cc1. The maximum atomic E-state index is 5.67. The van der Waals surface area contributed by atoms with Crippen LogP contribution < -0.4 is 0 Å². The van der Waals surface area contributed by atoms with E-state index in [0.29, 0.717) is 0 Å². The predicted octanol–water partition coefficient (Wildman–Crippen LogP) is 9.07. The van der Waals surface area contributed by atoms with Crippen LogP contribution in [0.4, 0.5) is 0 Å². The van der Waals surface area contributed by atoms with Crippen molar-refractivity contribution in [3.05, 3.63) is 60.7 Å². The molecule has 2 aliphatic carbocycles. The summed E-state index contributed by atoms with van der Waals surface area (Å²) in [5.41, 5.74) is 2.77. The third-order valence-corrected chi connectivity index (χ3v) is 8.29. The number of allylic oxidation sites excluding steroid dienone is 1. The van der Waals surface area contributed by atoms with E-state index in [2.05, 4.69) is 43.5 Å². The second-order valence-electron chi connectivity index (χ2n) is 10.7. The summed E-state index contributed by atoms with van der Waals surface area (Å²) in [4.78, 5) is 0. The molecule has 0 aromatic heterocycles. The van der Waals surface area contributed by atoms with Crippen molar-refractivity contribution in [3.63, 3.8) is 0 Å². The molecule has 0 N–H and O–H groups in total. The van der Waals surface area contributed by atoms with Crippen LogP contribution in [0.2, 0.25) is 0 Å². The summed E-state index contributed by atoms with van der Waals surface area (Å²) >= 11 is 0. The highest BCUT2D eigenvalue weighted by atomic mass is 16.5. The van der Waals surface area contributed by atoms with Crippen LogP contribution in [0.1, 0.15) is 101 Å². The van der Waals surface area contributed by atoms with Crippen LogP contribution >= 0.6 is 0 Å². The molecule has 1 heteroatoms. The van der Waals surface area contributed by atoms with E-state index < -0.39 is 0 Å². The number of benzene rings is 1. The van der Waals surface area contributed by atoms with Gasteiger partial charge < -0.3 is 4.74 Å². The van der Waals surface area contributed by atoms with E-state index in [1.165, 1.54) is 101 Å². The van der Waals surface area contributed by atoms with E-state index in [9.17, 15) is 0 Å². The minimum absolute atomic E-state index is 0.717. The van der Waals surface area contributed by atoms with Crippen LogP contribution in [0, 0.1) is 23.7 Å². The molecule has 178 valence electrons. The van der Waals surface area contributed by atoms with Gasteiger partial charge in [-0.3, -0.25) is 0 Å². The Balaban J connectivity index is 1.24. The quantitative estimate of drug-likeness (QED) is 0.209. The Bertz CT molecular complexity index is 629. The monoisotopic (exact) mass is 436 g/mol. The predicted molar refractivity (Wildman–Crippen MR) is 139 cm³/mol. The van der Waals surface area contributed by atoms with Crippen LogP contribution in [0.5, 0.6) is 0 Å². The van der Waals surface area contributed by atoms with Gasteiger partial charge in [0.1, 0.15) is 0 Å². The minimum atomic E-state index is 0.717. The Labute approximate surface area is 198 Å². The molecule has 0 aliphatic heterocycles. The Hall–Kier alpha value is -1.34. The number of hydrogen-bond donors (Lipinski definition) is 0. The zero-order valence-corrected chi connectivity index (χ0v) is 20.6. The van der Waals surface area contributed by atoms with Gasteiger partial charge in [0.05, 0.1) is 13.2 Å². The molecule has 2 saturated carbocycles. The zero-order chi connectivity index (χ0) is 22.4. The average Bonchev–Trinajstić information content (AvgIpc) is 2.85. The smallest absolute Gasteiger partial charge is 0.0717 e. The second-order valence-corrected chi connectivity index (χ2v) is 10.7. The first-order valence-electron chi connectivity index (χ1n) is 13.6. The van der Waals surface area contributed by atoms with Gasteiger partial charge in [0.2, 0.25) is 0 Å². The van der Waals surface area contributed by atoms with E-state index in [4.69, 9.17) is 4.74 Å². The van der Waals surface area contributed by atoms with E-state index in [0.717, 1.165) is 43.3 Å². The molecule has 0 unspecified atom stereocenters. The molecule has 1 nitrogen and oxygen atoms in total. The maximum absolute atomic E-state index is 5.67. The van der Waals surface area contributed by atoms with Gasteiger partial charge in [-0.2, -0.15) is 0 Å². The summed E-state index contributed by atoms with van der Waals surface area (Å²) in [5.74, 6) is 3.99. The van der Waals surface area contributed by atoms with Crippen molar-refractivity contribution in [3.8, 4) is 0 Å². The molecule has 0 radical (unpaired) electrons. The lowest BCUT2D eigenvalue weighted by molar-refractivity contribution is 0.125. The molecular weight excluding hydrogens is 388 g/mol. The third-order valence-electron chi connectivity index (χ3n) is 8.29. The molecule has 0 spiro atoms. The molecule has 2 fully saturated rings. The topological polar surface area (TPSA) is 9.23 Å². The van der Waals surface area contributed by atoms with Crippen LogP contribution in [-0.4, -0.2) is 6.61 Å². The standard InChI is InChI=1S/C31H48O/c1-3-5-7-26-8-10-27(11-9-26)12-13-28-14-16-29(17-15-28)18-19-30-20-22-31(23-21-30)25-32-24-6-4-2/h3-4,20-23,26-29H,1-2,5-19,24-25H2/t26-,27-,28?,29?. The van der Waals surface area contributed by atoms with Gasteiger partial charge in [-0.15, -0.1) is 13.2 Å². The van der Waals surface area contributed by atoms with Gasteiger partial charge >= 0.3 is 0 Å². The summed E-state index contributed by atoms with van der Waals surface area (Å²) in [6.45, 7) is 9.11. The summed E-state index contributed by atoms with van der Waals surface area (Å²) in [5, 5.41) is 0. The Morgan fingerprint density at radius 2 is 1.09 bits per heavy atom. The molecule has 1 aromatic carbocycles. The van der Waals surface area contributed by atoms with Crippen molar-refractivity contribution in [1.82, 2.24) is 0 Å². The zero-order valence-electron chi connectivity index (χ0n) is 20.6. The third kappa shape index (κ3) is 9.26.